The van der Waals surface area contributed by atoms with Crippen molar-refractivity contribution in [2.45, 2.75) is 44.8 Å². The van der Waals surface area contributed by atoms with Gasteiger partial charge in [0.25, 0.3) is 0 Å². The van der Waals surface area contributed by atoms with Crippen LogP contribution in [-0.2, 0) is 0 Å². The summed E-state index contributed by atoms with van der Waals surface area (Å²) in [4.78, 5) is 13.1. The van der Waals surface area contributed by atoms with Gasteiger partial charge in [0.15, 0.2) is 0 Å². The highest BCUT2D eigenvalue weighted by Gasteiger charge is 2.31. The summed E-state index contributed by atoms with van der Waals surface area (Å²) in [6.07, 6.45) is -0.750. The molecule has 0 saturated carbocycles. The number of urea groups is 1. The summed E-state index contributed by atoms with van der Waals surface area (Å²) in [5, 5.41) is 1.92. The van der Waals surface area contributed by atoms with E-state index >= 15 is 0 Å². The molecule has 1 heterocycles. The molecule has 0 aromatic rings. The maximum Gasteiger partial charge on any atom is 0.405 e. The minimum absolute atomic E-state index is 0.0852. The van der Waals surface area contributed by atoms with Gasteiger partial charge in [-0.15, -0.1) is 0 Å². The Bertz CT molecular complexity index is 243. The maximum absolute atomic E-state index is 11.9. The van der Waals surface area contributed by atoms with Crippen molar-refractivity contribution >= 4 is 6.03 Å². The Balaban J connectivity index is 2.45. The predicted octanol–water partition coefficient (Wildman–Crippen LogP) is 2.52. The van der Waals surface area contributed by atoms with Crippen LogP contribution >= 0.6 is 0 Å². The van der Waals surface area contributed by atoms with Crippen molar-refractivity contribution in [3.63, 3.8) is 0 Å². The topological polar surface area (TPSA) is 32.3 Å². The Morgan fingerprint density at radius 1 is 1.44 bits per heavy atom. The van der Waals surface area contributed by atoms with E-state index in [1.807, 2.05) is 12.2 Å². The molecule has 1 aliphatic rings. The Kier molecular flexibility index (Phi) is 4.44. The van der Waals surface area contributed by atoms with E-state index < -0.39 is 18.8 Å². The van der Waals surface area contributed by atoms with Crippen molar-refractivity contribution in [1.82, 2.24) is 10.2 Å². The van der Waals surface area contributed by atoms with Crippen LogP contribution in [0.25, 0.3) is 0 Å². The van der Waals surface area contributed by atoms with Crippen LogP contribution in [0.4, 0.5) is 18.0 Å². The van der Waals surface area contributed by atoms with Crippen LogP contribution in [0.1, 0.15) is 32.6 Å². The number of alkyl halides is 3. The van der Waals surface area contributed by atoms with Gasteiger partial charge in [0.2, 0.25) is 0 Å². The molecule has 0 aromatic carbocycles. The van der Waals surface area contributed by atoms with E-state index in [-0.39, 0.29) is 6.04 Å². The summed E-state index contributed by atoms with van der Waals surface area (Å²) in [5.74, 6) is 0. The molecule has 16 heavy (non-hydrogen) atoms. The molecule has 3 nitrogen and oxygen atoms in total. The number of halogens is 3. The van der Waals surface area contributed by atoms with E-state index in [0.29, 0.717) is 6.54 Å². The monoisotopic (exact) mass is 238 g/mol. The smallest absolute Gasteiger partial charge is 0.329 e. The van der Waals surface area contributed by atoms with Crippen molar-refractivity contribution in [1.29, 1.82) is 0 Å². The zero-order valence-corrected chi connectivity index (χ0v) is 9.31. The lowest BCUT2D eigenvalue weighted by molar-refractivity contribution is -0.123. The van der Waals surface area contributed by atoms with Gasteiger partial charge in [0.05, 0.1) is 0 Å². The second-order valence-electron chi connectivity index (χ2n) is 4.03. The normalized spacial score (nSPS) is 22.0. The van der Waals surface area contributed by atoms with Crippen LogP contribution in [0.2, 0.25) is 0 Å². The summed E-state index contributed by atoms with van der Waals surface area (Å²) in [7, 11) is 0. The number of carbonyl (C=O) groups excluding carboxylic acids is 1. The number of hydrogen-bond donors (Lipinski definition) is 1. The number of carbonyl (C=O) groups is 1. The van der Waals surface area contributed by atoms with Gasteiger partial charge in [-0.3, -0.25) is 0 Å². The highest BCUT2D eigenvalue weighted by molar-refractivity contribution is 5.74. The first-order valence-electron chi connectivity index (χ1n) is 5.55. The lowest BCUT2D eigenvalue weighted by Crippen LogP contribution is -2.50. The van der Waals surface area contributed by atoms with Crippen LogP contribution in [0.5, 0.6) is 0 Å². The molecule has 1 atom stereocenters. The standard InChI is InChI=1S/C10H17F3N2O/c1-2-8-5-3-4-6-15(8)9(16)14-7-10(11,12)13/h8H,2-7H2,1H3,(H,14,16). The fraction of sp³-hybridized carbons (Fsp3) is 0.900. The van der Waals surface area contributed by atoms with Gasteiger partial charge < -0.3 is 10.2 Å². The molecule has 1 saturated heterocycles. The van der Waals surface area contributed by atoms with Gasteiger partial charge in [-0.1, -0.05) is 6.92 Å². The molecule has 0 aromatic heterocycles. The number of nitrogens with one attached hydrogen (secondary N) is 1. The fourth-order valence-electron chi connectivity index (χ4n) is 1.97. The van der Waals surface area contributed by atoms with Crippen LogP contribution in [0.15, 0.2) is 0 Å². The number of nitrogens with zero attached hydrogens (tertiary/aromatic N) is 1. The molecule has 1 fully saturated rings. The Labute approximate surface area is 93.0 Å². The Morgan fingerprint density at radius 3 is 2.69 bits per heavy atom. The molecule has 1 aliphatic heterocycles. The lowest BCUT2D eigenvalue weighted by atomic mass is 10.0. The highest BCUT2D eigenvalue weighted by Crippen LogP contribution is 2.20. The zero-order valence-electron chi connectivity index (χ0n) is 9.31. The van der Waals surface area contributed by atoms with E-state index in [1.54, 1.807) is 0 Å². The molecule has 0 spiro atoms. The van der Waals surface area contributed by atoms with E-state index in [9.17, 15) is 18.0 Å². The number of likely N-dealkylation sites (tertiary alicyclic amines) is 1. The van der Waals surface area contributed by atoms with Crippen molar-refractivity contribution in [3.05, 3.63) is 0 Å². The quantitative estimate of drug-likeness (QED) is 0.787. The largest absolute Gasteiger partial charge is 0.405 e. The number of piperidine rings is 1. The number of rotatable bonds is 2. The molecule has 0 bridgehead atoms. The first-order valence-corrected chi connectivity index (χ1v) is 5.55. The Morgan fingerprint density at radius 2 is 2.12 bits per heavy atom. The second kappa shape index (κ2) is 5.41. The molecule has 1 N–H and O–H groups in total. The van der Waals surface area contributed by atoms with Gasteiger partial charge in [-0.25, -0.2) is 4.79 Å². The first-order chi connectivity index (χ1) is 7.44. The van der Waals surface area contributed by atoms with Crippen molar-refractivity contribution in [2.75, 3.05) is 13.1 Å². The van der Waals surface area contributed by atoms with Crippen LogP contribution < -0.4 is 5.32 Å². The molecule has 0 radical (unpaired) electrons. The van der Waals surface area contributed by atoms with E-state index in [0.717, 1.165) is 25.7 Å². The predicted molar refractivity (Wildman–Crippen MR) is 54.1 cm³/mol. The fourth-order valence-corrected chi connectivity index (χ4v) is 1.97. The van der Waals surface area contributed by atoms with E-state index in [4.69, 9.17) is 0 Å². The third-order valence-corrected chi connectivity index (χ3v) is 2.80. The van der Waals surface area contributed by atoms with E-state index in [1.165, 1.54) is 4.90 Å². The van der Waals surface area contributed by atoms with Crippen molar-refractivity contribution < 1.29 is 18.0 Å². The van der Waals surface area contributed by atoms with Gasteiger partial charge in [-0.05, 0) is 25.7 Å². The highest BCUT2D eigenvalue weighted by atomic mass is 19.4. The van der Waals surface area contributed by atoms with Gasteiger partial charge in [0, 0.05) is 12.6 Å². The summed E-state index contributed by atoms with van der Waals surface area (Å²) in [6, 6.07) is -0.508. The average Bonchev–Trinajstić information content (AvgIpc) is 2.25. The third kappa shape index (κ3) is 3.90. The molecule has 6 heteroatoms. The summed E-state index contributed by atoms with van der Waals surface area (Å²) >= 11 is 0. The van der Waals surface area contributed by atoms with Gasteiger partial charge in [0.1, 0.15) is 6.54 Å². The minimum Gasteiger partial charge on any atom is -0.329 e. The minimum atomic E-state index is -4.34. The molecule has 1 unspecified atom stereocenters. The Hall–Kier alpha value is -0.940. The summed E-state index contributed by atoms with van der Waals surface area (Å²) < 4.78 is 35.8. The SMILES string of the molecule is CCC1CCCCN1C(=O)NCC(F)(F)F. The molecular weight excluding hydrogens is 221 g/mol. The third-order valence-electron chi connectivity index (χ3n) is 2.80. The number of amides is 2. The summed E-state index contributed by atoms with van der Waals surface area (Å²) in [6.45, 7) is 1.25. The van der Waals surface area contributed by atoms with Gasteiger partial charge in [-0.2, -0.15) is 13.2 Å². The molecular formula is C10H17F3N2O. The van der Waals surface area contributed by atoms with Crippen LogP contribution in [-0.4, -0.2) is 36.2 Å². The summed E-state index contributed by atoms with van der Waals surface area (Å²) in [5.41, 5.74) is 0. The average molecular weight is 238 g/mol. The molecule has 94 valence electrons. The maximum atomic E-state index is 11.9. The van der Waals surface area contributed by atoms with Gasteiger partial charge >= 0.3 is 12.2 Å². The zero-order chi connectivity index (χ0) is 12.2. The van der Waals surface area contributed by atoms with Crippen molar-refractivity contribution in [2.24, 2.45) is 0 Å². The second-order valence-corrected chi connectivity index (χ2v) is 4.03. The lowest BCUT2D eigenvalue weighted by Gasteiger charge is -2.35. The van der Waals surface area contributed by atoms with Crippen molar-refractivity contribution in [3.8, 4) is 0 Å². The molecule has 0 aliphatic carbocycles. The molecule has 2 amide bonds. The van der Waals surface area contributed by atoms with Crippen LogP contribution in [0.3, 0.4) is 0 Å². The molecule has 1 rings (SSSR count). The van der Waals surface area contributed by atoms with Crippen LogP contribution in [0, 0.1) is 0 Å². The first kappa shape index (κ1) is 13.1. The van der Waals surface area contributed by atoms with E-state index in [2.05, 4.69) is 0 Å². The number of hydrogen-bond acceptors (Lipinski definition) is 1.